The van der Waals surface area contributed by atoms with Crippen molar-refractivity contribution >= 4 is 32.9 Å². The van der Waals surface area contributed by atoms with Gasteiger partial charge < -0.3 is 4.57 Å². The highest BCUT2D eigenvalue weighted by Crippen LogP contribution is 2.35. The summed E-state index contributed by atoms with van der Waals surface area (Å²) in [5.41, 5.74) is 7.70. The standard InChI is InChI=1S/C35H25BrN4/c36-27-20-21-30-29-18-9-1-2-10-19-31(29)40(32(30)23-27)28-17-11-16-26(22-28)35-38-33(24-12-5-3-6-13-24)37-34(39-35)25-14-7-4-8-15-25/h1-9,11-18,20-23H,10,19H2/b2-1+,18-9?. The predicted octanol–water partition coefficient (Wildman–Crippen LogP) is 9.09. The Morgan fingerprint density at radius 3 is 1.98 bits per heavy atom. The van der Waals surface area contributed by atoms with Crippen LogP contribution in [-0.4, -0.2) is 19.5 Å². The maximum absolute atomic E-state index is 4.95. The smallest absolute Gasteiger partial charge is 0.164 e. The molecule has 0 saturated carbocycles. The number of halogens is 1. The summed E-state index contributed by atoms with van der Waals surface area (Å²) in [6.45, 7) is 0. The summed E-state index contributed by atoms with van der Waals surface area (Å²) in [5.74, 6) is 1.97. The molecule has 6 aromatic rings. The van der Waals surface area contributed by atoms with Crippen molar-refractivity contribution in [2.24, 2.45) is 0 Å². The monoisotopic (exact) mass is 580 g/mol. The molecule has 7 rings (SSSR count). The van der Waals surface area contributed by atoms with Gasteiger partial charge in [-0.2, -0.15) is 0 Å². The fraction of sp³-hybridized carbons (Fsp3) is 0.0571. The normalized spacial score (nSPS) is 13.5. The van der Waals surface area contributed by atoms with E-state index in [1.165, 1.54) is 22.2 Å². The molecule has 0 N–H and O–H groups in total. The number of hydrogen-bond acceptors (Lipinski definition) is 3. The first-order chi connectivity index (χ1) is 19.7. The van der Waals surface area contributed by atoms with Gasteiger partial charge in [0, 0.05) is 43.5 Å². The first-order valence-corrected chi connectivity index (χ1v) is 14.2. The van der Waals surface area contributed by atoms with Crippen molar-refractivity contribution < 1.29 is 0 Å². The van der Waals surface area contributed by atoms with E-state index in [4.69, 9.17) is 15.0 Å². The molecule has 1 aliphatic rings. The number of benzene rings is 4. The molecule has 192 valence electrons. The molecule has 0 aliphatic heterocycles. The van der Waals surface area contributed by atoms with E-state index in [9.17, 15) is 0 Å². The largest absolute Gasteiger partial charge is 0.313 e. The molecule has 4 aromatic carbocycles. The number of hydrogen-bond donors (Lipinski definition) is 0. The van der Waals surface area contributed by atoms with Gasteiger partial charge in [-0.25, -0.2) is 15.0 Å². The van der Waals surface area contributed by atoms with Crippen LogP contribution in [0.1, 0.15) is 17.7 Å². The van der Waals surface area contributed by atoms with E-state index < -0.39 is 0 Å². The lowest BCUT2D eigenvalue weighted by Gasteiger charge is -2.14. The second-order valence-corrected chi connectivity index (χ2v) is 10.7. The molecule has 2 aromatic heterocycles. The number of nitrogens with zero attached hydrogens (tertiary/aromatic N) is 4. The second kappa shape index (κ2) is 10.5. The lowest BCUT2D eigenvalue weighted by Crippen LogP contribution is -2.03. The molecule has 5 heteroatoms. The molecule has 0 saturated heterocycles. The number of aromatic nitrogens is 4. The third-order valence-corrected chi connectivity index (χ3v) is 7.68. The van der Waals surface area contributed by atoms with Gasteiger partial charge >= 0.3 is 0 Å². The third-order valence-electron chi connectivity index (χ3n) is 7.19. The van der Waals surface area contributed by atoms with Crippen LogP contribution in [0.4, 0.5) is 0 Å². The molecule has 0 bridgehead atoms. The van der Waals surface area contributed by atoms with Gasteiger partial charge in [0.15, 0.2) is 17.5 Å². The molecule has 0 fully saturated rings. The van der Waals surface area contributed by atoms with Crippen LogP contribution in [0.2, 0.25) is 0 Å². The Hall–Kier alpha value is -4.61. The minimum Gasteiger partial charge on any atom is -0.313 e. The van der Waals surface area contributed by atoms with E-state index in [0.29, 0.717) is 17.5 Å². The molecule has 0 spiro atoms. The SMILES string of the molecule is Brc1ccc2c3c(n(-c4cccc(-c5nc(-c6ccccc6)nc(-c6ccccc6)n5)c4)c2c1)CC/C=C/C=C3. The van der Waals surface area contributed by atoms with E-state index in [2.05, 4.69) is 87.3 Å². The summed E-state index contributed by atoms with van der Waals surface area (Å²) >= 11 is 3.70. The topological polar surface area (TPSA) is 43.6 Å². The molecule has 0 atom stereocenters. The number of rotatable bonds is 4. The Morgan fingerprint density at radius 2 is 1.27 bits per heavy atom. The fourth-order valence-electron chi connectivity index (χ4n) is 5.33. The Labute approximate surface area is 241 Å². The summed E-state index contributed by atoms with van der Waals surface area (Å²) in [7, 11) is 0. The zero-order chi connectivity index (χ0) is 26.9. The van der Waals surface area contributed by atoms with Gasteiger partial charge in [-0.3, -0.25) is 0 Å². The van der Waals surface area contributed by atoms with Gasteiger partial charge in [-0.05, 0) is 37.1 Å². The molecule has 40 heavy (non-hydrogen) atoms. The maximum Gasteiger partial charge on any atom is 0.164 e. The maximum atomic E-state index is 4.95. The predicted molar refractivity (Wildman–Crippen MR) is 167 cm³/mol. The Kier molecular flexibility index (Phi) is 6.42. The van der Waals surface area contributed by atoms with Crippen molar-refractivity contribution in [2.75, 3.05) is 0 Å². The third kappa shape index (κ3) is 4.59. The van der Waals surface area contributed by atoms with Gasteiger partial charge in [0.25, 0.3) is 0 Å². The molecule has 0 radical (unpaired) electrons. The second-order valence-electron chi connectivity index (χ2n) is 9.77. The zero-order valence-corrected chi connectivity index (χ0v) is 23.3. The van der Waals surface area contributed by atoms with Crippen LogP contribution < -0.4 is 0 Å². The Balaban J connectivity index is 1.42. The van der Waals surface area contributed by atoms with Crippen molar-refractivity contribution in [2.45, 2.75) is 12.8 Å². The number of allylic oxidation sites excluding steroid dienone is 3. The highest BCUT2D eigenvalue weighted by molar-refractivity contribution is 9.10. The molecule has 0 unspecified atom stereocenters. The van der Waals surface area contributed by atoms with Crippen molar-refractivity contribution in [1.29, 1.82) is 0 Å². The van der Waals surface area contributed by atoms with Crippen LogP contribution >= 0.6 is 15.9 Å². The van der Waals surface area contributed by atoms with Crippen LogP contribution in [0.3, 0.4) is 0 Å². The van der Waals surface area contributed by atoms with Gasteiger partial charge in [0.1, 0.15) is 0 Å². The van der Waals surface area contributed by atoms with Gasteiger partial charge in [0.05, 0.1) is 5.52 Å². The summed E-state index contributed by atoms with van der Waals surface area (Å²) < 4.78 is 3.45. The van der Waals surface area contributed by atoms with Crippen LogP contribution in [0.15, 0.2) is 126 Å². The van der Waals surface area contributed by atoms with Crippen molar-refractivity contribution in [3.05, 3.63) is 137 Å². The van der Waals surface area contributed by atoms with Gasteiger partial charge in [-0.15, -0.1) is 0 Å². The minimum atomic E-state index is 0.651. The summed E-state index contributed by atoms with van der Waals surface area (Å²) in [5, 5.41) is 1.24. The molecule has 0 amide bonds. The van der Waals surface area contributed by atoms with Crippen LogP contribution in [0.5, 0.6) is 0 Å². The van der Waals surface area contributed by atoms with Crippen LogP contribution in [0, 0.1) is 0 Å². The van der Waals surface area contributed by atoms with Crippen molar-refractivity contribution in [1.82, 2.24) is 19.5 Å². The summed E-state index contributed by atoms with van der Waals surface area (Å²) in [4.78, 5) is 14.8. The molecular formula is C35H25BrN4. The van der Waals surface area contributed by atoms with E-state index in [0.717, 1.165) is 39.7 Å². The van der Waals surface area contributed by atoms with E-state index in [1.807, 2.05) is 60.7 Å². The Bertz CT molecular complexity index is 1850. The molecular weight excluding hydrogens is 556 g/mol. The highest BCUT2D eigenvalue weighted by Gasteiger charge is 2.19. The molecule has 4 nitrogen and oxygen atoms in total. The van der Waals surface area contributed by atoms with Crippen molar-refractivity contribution in [3.63, 3.8) is 0 Å². The van der Waals surface area contributed by atoms with Crippen LogP contribution in [0.25, 0.3) is 56.8 Å². The fourth-order valence-corrected chi connectivity index (χ4v) is 5.68. The molecule has 1 aliphatic carbocycles. The summed E-state index contributed by atoms with van der Waals surface area (Å²) in [6.07, 6.45) is 10.7. The molecule has 2 heterocycles. The quantitative estimate of drug-likeness (QED) is 0.209. The Morgan fingerprint density at radius 1 is 0.625 bits per heavy atom. The average molecular weight is 582 g/mol. The first-order valence-electron chi connectivity index (χ1n) is 13.4. The number of fused-ring (bicyclic) bond motifs is 3. The van der Waals surface area contributed by atoms with E-state index in [1.54, 1.807) is 0 Å². The summed E-state index contributed by atoms with van der Waals surface area (Å²) in [6, 6.07) is 35.2. The average Bonchev–Trinajstić information content (AvgIpc) is 3.28. The lowest BCUT2D eigenvalue weighted by molar-refractivity contribution is 0.895. The minimum absolute atomic E-state index is 0.651. The van der Waals surface area contributed by atoms with E-state index in [-0.39, 0.29) is 0 Å². The van der Waals surface area contributed by atoms with Gasteiger partial charge in [-0.1, -0.05) is 119 Å². The first kappa shape index (κ1) is 24.4. The van der Waals surface area contributed by atoms with Crippen LogP contribution in [-0.2, 0) is 6.42 Å². The van der Waals surface area contributed by atoms with E-state index >= 15 is 0 Å². The van der Waals surface area contributed by atoms with Crippen molar-refractivity contribution in [3.8, 4) is 39.9 Å². The lowest BCUT2D eigenvalue weighted by atomic mass is 10.1. The zero-order valence-electron chi connectivity index (χ0n) is 21.7. The highest BCUT2D eigenvalue weighted by atomic mass is 79.9. The van der Waals surface area contributed by atoms with Gasteiger partial charge in [0.2, 0.25) is 0 Å².